The van der Waals surface area contributed by atoms with Crippen LogP contribution in [0.25, 0.3) is 6.08 Å². The molecule has 7 nitrogen and oxygen atoms in total. The third-order valence-electron chi connectivity index (χ3n) is 3.79. The molecule has 2 amide bonds. The number of benzene rings is 1. The number of esters is 1. The van der Waals surface area contributed by atoms with E-state index in [4.69, 9.17) is 25.8 Å². The van der Waals surface area contributed by atoms with Crippen molar-refractivity contribution in [3.8, 4) is 11.5 Å². The predicted octanol–water partition coefficient (Wildman–Crippen LogP) is 4.13. The molecule has 0 aromatic heterocycles. The highest BCUT2D eigenvalue weighted by atomic mass is 35.5. The fraction of sp³-hybridized carbons (Fsp3) is 0.421. The molecule has 1 fully saturated rings. The van der Waals surface area contributed by atoms with Crippen LogP contribution >= 0.6 is 23.4 Å². The number of rotatable bonds is 8. The first kappa shape index (κ1) is 22.1. The summed E-state index contributed by atoms with van der Waals surface area (Å²) in [7, 11) is 0. The summed E-state index contributed by atoms with van der Waals surface area (Å²) in [6.45, 7) is 7.83. The van der Waals surface area contributed by atoms with Gasteiger partial charge in [-0.05, 0) is 57.2 Å². The Labute approximate surface area is 172 Å². The molecule has 9 heteroatoms. The van der Waals surface area contributed by atoms with Crippen molar-refractivity contribution in [2.24, 2.45) is 0 Å². The minimum absolute atomic E-state index is 0.162. The number of hydrogen-bond donors (Lipinski definition) is 0. The summed E-state index contributed by atoms with van der Waals surface area (Å²) in [5.41, 5.74) is 0.503. The van der Waals surface area contributed by atoms with Gasteiger partial charge in [-0.1, -0.05) is 11.6 Å². The van der Waals surface area contributed by atoms with E-state index < -0.39 is 23.2 Å². The molecule has 0 unspecified atom stereocenters. The van der Waals surface area contributed by atoms with Crippen LogP contribution in [-0.4, -0.2) is 47.9 Å². The topological polar surface area (TPSA) is 82.1 Å². The van der Waals surface area contributed by atoms with Crippen LogP contribution in [0, 0.1) is 0 Å². The van der Waals surface area contributed by atoms with Crippen LogP contribution in [-0.2, 0) is 14.3 Å². The second kappa shape index (κ2) is 9.84. The molecule has 1 heterocycles. The van der Waals surface area contributed by atoms with Crippen molar-refractivity contribution in [2.75, 3.05) is 19.8 Å². The third-order valence-corrected chi connectivity index (χ3v) is 5.00. The Morgan fingerprint density at radius 1 is 1.14 bits per heavy atom. The average molecular weight is 428 g/mol. The lowest BCUT2D eigenvalue weighted by Crippen LogP contribution is -2.42. The molecule has 1 aromatic rings. The van der Waals surface area contributed by atoms with Gasteiger partial charge in [0.1, 0.15) is 6.04 Å². The lowest BCUT2D eigenvalue weighted by molar-refractivity contribution is -0.150. The van der Waals surface area contributed by atoms with E-state index in [2.05, 4.69) is 0 Å². The normalized spacial score (nSPS) is 16.5. The average Bonchev–Trinajstić information content (AvgIpc) is 2.92. The minimum Gasteiger partial charge on any atom is -0.490 e. The number of carbonyl (C=O) groups is 3. The van der Waals surface area contributed by atoms with Crippen molar-refractivity contribution in [3.63, 3.8) is 0 Å². The molecule has 1 saturated heterocycles. The molecular weight excluding hydrogens is 406 g/mol. The molecule has 1 aromatic carbocycles. The molecular formula is C19H22ClNO6S. The van der Waals surface area contributed by atoms with Crippen LogP contribution in [0.2, 0.25) is 5.02 Å². The highest BCUT2D eigenvalue weighted by Crippen LogP contribution is 2.38. The number of thioether (sulfide) groups is 1. The van der Waals surface area contributed by atoms with E-state index in [1.54, 1.807) is 19.1 Å². The Kier molecular flexibility index (Phi) is 7.77. The highest BCUT2D eigenvalue weighted by molar-refractivity contribution is 8.18. The van der Waals surface area contributed by atoms with Gasteiger partial charge >= 0.3 is 5.97 Å². The zero-order chi connectivity index (χ0) is 20.8. The lowest BCUT2D eigenvalue weighted by Gasteiger charge is -2.19. The quantitative estimate of drug-likeness (QED) is 0.455. The number of hydrogen-bond acceptors (Lipinski definition) is 7. The van der Waals surface area contributed by atoms with Crippen molar-refractivity contribution < 1.29 is 28.6 Å². The van der Waals surface area contributed by atoms with Gasteiger partial charge in [-0.3, -0.25) is 14.5 Å². The van der Waals surface area contributed by atoms with Gasteiger partial charge in [0.25, 0.3) is 11.1 Å². The number of amides is 2. The van der Waals surface area contributed by atoms with Gasteiger partial charge in [0.15, 0.2) is 11.5 Å². The molecule has 0 bridgehead atoms. The van der Waals surface area contributed by atoms with Crippen LogP contribution in [0.15, 0.2) is 17.0 Å². The number of nitrogens with zero attached hydrogens (tertiary/aromatic N) is 1. The van der Waals surface area contributed by atoms with Crippen molar-refractivity contribution in [1.29, 1.82) is 0 Å². The Bertz CT molecular complexity index is 810. The van der Waals surface area contributed by atoms with E-state index in [9.17, 15) is 14.4 Å². The van der Waals surface area contributed by atoms with Crippen molar-refractivity contribution in [2.45, 2.75) is 33.7 Å². The first-order valence-electron chi connectivity index (χ1n) is 8.86. The van der Waals surface area contributed by atoms with Crippen molar-refractivity contribution in [3.05, 3.63) is 27.6 Å². The summed E-state index contributed by atoms with van der Waals surface area (Å²) in [6.07, 6.45) is 1.50. The molecule has 1 aliphatic heterocycles. The number of carbonyl (C=O) groups excluding carboxylic acids is 3. The van der Waals surface area contributed by atoms with Crippen LogP contribution in [0.4, 0.5) is 4.79 Å². The molecule has 2 rings (SSSR count). The smallest absolute Gasteiger partial charge is 0.329 e. The fourth-order valence-electron chi connectivity index (χ4n) is 2.52. The second-order valence-corrected chi connectivity index (χ2v) is 7.07. The Hall–Kier alpha value is -2.19. The van der Waals surface area contributed by atoms with E-state index >= 15 is 0 Å². The van der Waals surface area contributed by atoms with E-state index in [0.29, 0.717) is 35.3 Å². The van der Waals surface area contributed by atoms with Crippen LogP contribution in [0.3, 0.4) is 0 Å². The molecule has 0 saturated carbocycles. The molecule has 0 radical (unpaired) electrons. The zero-order valence-electron chi connectivity index (χ0n) is 16.1. The van der Waals surface area contributed by atoms with E-state index in [-0.39, 0.29) is 11.5 Å². The van der Waals surface area contributed by atoms with Gasteiger partial charge in [-0.15, -0.1) is 0 Å². The Morgan fingerprint density at radius 3 is 2.32 bits per heavy atom. The van der Waals surface area contributed by atoms with Crippen molar-refractivity contribution in [1.82, 2.24) is 4.90 Å². The second-order valence-electron chi connectivity index (χ2n) is 5.67. The standard InChI is InChI=1S/C19H22ClNO6S/c1-5-25-14-8-12(13(20)10-15(14)26-6-2)9-16-17(22)21(19(24)28-16)11(4)18(23)27-7-3/h8-11H,5-7H2,1-4H3/b16-9+/t11-/m0/s1. The first-order chi connectivity index (χ1) is 13.3. The third kappa shape index (κ3) is 4.80. The molecule has 0 N–H and O–H groups in total. The summed E-state index contributed by atoms with van der Waals surface area (Å²) >= 11 is 7.06. The monoisotopic (exact) mass is 427 g/mol. The van der Waals surface area contributed by atoms with Gasteiger partial charge in [0.05, 0.1) is 29.7 Å². The maximum Gasteiger partial charge on any atom is 0.329 e. The number of halogens is 1. The van der Waals surface area contributed by atoms with Crippen LogP contribution < -0.4 is 9.47 Å². The van der Waals surface area contributed by atoms with E-state index in [1.807, 2.05) is 13.8 Å². The summed E-state index contributed by atoms with van der Waals surface area (Å²) in [5.74, 6) is -0.225. The maximum atomic E-state index is 12.7. The SMILES string of the molecule is CCOC(=O)[C@H](C)N1C(=O)S/C(=C/c2cc(OCC)c(OCC)cc2Cl)C1=O. The minimum atomic E-state index is -1.01. The molecule has 0 aliphatic carbocycles. The van der Waals surface area contributed by atoms with E-state index in [0.717, 1.165) is 16.7 Å². The van der Waals surface area contributed by atoms with Gasteiger partial charge in [-0.25, -0.2) is 4.79 Å². The number of ether oxygens (including phenoxy) is 3. The fourth-order valence-corrected chi connectivity index (χ4v) is 3.63. The maximum absolute atomic E-state index is 12.7. The Morgan fingerprint density at radius 2 is 1.75 bits per heavy atom. The highest BCUT2D eigenvalue weighted by Gasteiger charge is 2.41. The summed E-state index contributed by atoms with van der Waals surface area (Å²) in [6, 6.07) is 2.25. The predicted molar refractivity (Wildman–Crippen MR) is 108 cm³/mol. The van der Waals surface area contributed by atoms with Gasteiger partial charge in [0.2, 0.25) is 0 Å². The molecule has 1 aliphatic rings. The largest absolute Gasteiger partial charge is 0.490 e. The van der Waals surface area contributed by atoms with Gasteiger partial charge in [-0.2, -0.15) is 0 Å². The van der Waals surface area contributed by atoms with E-state index in [1.165, 1.54) is 13.0 Å². The van der Waals surface area contributed by atoms with Crippen LogP contribution in [0.5, 0.6) is 11.5 Å². The first-order valence-corrected chi connectivity index (χ1v) is 10.1. The Balaban J connectivity index is 2.35. The van der Waals surface area contributed by atoms with Gasteiger partial charge < -0.3 is 14.2 Å². The molecule has 0 spiro atoms. The molecule has 28 heavy (non-hydrogen) atoms. The van der Waals surface area contributed by atoms with Crippen molar-refractivity contribution >= 4 is 46.6 Å². The molecule has 1 atom stereocenters. The zero-order valence-corrected chi connectivity index (χ0v) is 17.7. The summed E-state index contributed by atoms with van der Waals surface area (Å²) in [4.78, 5) is 37.9. The number of imide groups is 1. The van der Waals surface area contributed by atoms with Gasteiger partial charge in [0, 0.05) is 6.07 Å². The lowest BCUT2D eigenvalue weighted by atomic mass is 10.1. The molecule has 152 valence electrons. The summed E-state index contributed by atoms with van der Waals surface area (Å²) < 4.78 is 16.0. The van der Waals surface area contributed by atoms with Crippen LogP contribution in [0.1, 0.15) is 33.3 Å². The summed E-state index contributed by atoms with van der Waals surface area (Å²) in [5, 5.41) is -0.193.